The van der Waals surface area contributed by atoms with Crippen LogP contribution in [0, 0.1) is 16.7 Å². The molecular formula is C14H17ClF3N7. The van der Waals surface area contributed by atoms with Crippen LogP contribution in [0.15, 0.2) is 28.3 Å². The predicted octanol–water partition coefficient (Wildman–Crippen LogP) is 2.96. The number of nitrogens with zero attached hydrogens (tertiary/aromatic N) is 5. The summed E-state index contributed by atoms with van der Waals surface area (Å²) in [5.74, 6) is -1.03. The Morgan fingerprint density at radius 2 is 2.12 bits per heavy atom. The van der Waals surface area contributed by atoms with E-state index in [1.165, 1.54) is 10.9 Å². The Kier molecular flexibility index (Phi) is 6.20. The van der Waals surface area contributed by atoms with Crippen LogP contribution in [-0.2, 0) is 6.54 Å². The number of nitrogens with two attached hydrogens (primary N) is 1. The fourth-order valence-electron chi connectivity index (χ4n) is 1.66. The van der Waals surface area contributed by atoms with Gasteiger partial charge in [-0.25, -0.2) is 0 Å². The number of alkyl halides is 3. The van der Waals surface area contributed by atoms with Crippen molar-refractivity contribution in [3.8, 4) is 6.07 Å². The molecule has 0 fully saturated rings. The summed E-state index contributed by atoms with van der Waals surface area (Å²) in [6, 6.07) is 2.11. The van der Waals surface area contributed by atoms with Crippen molar-refractivity contribution in [2.45, 2.75) is 26.6 Å². The Balaban J connectivity index is 2.97. The number of halogens is 4. The second-order valence-corrected chi connectivity index (χ2v) is 6.03. The maximum Gasteiger partial charge on any atom is 0.419 e. The molecule has 0 saturated carbocycles. The van der Waals surface area contributed by atoms with Crippen LogP contribution in [0.3, 0.4) is 0 Å². The Morgan fingerprint density at radius 1 is 1.52 bits per heavy atom. The molecule has 25 heavy (non-hydrogen) atoms. The third-order valence-electron chi connectivity index (χ3n) is 2.89. The van der Waals surface area contributed by atoms with Crippen molar-refractivity contribution in [3.05, 3.63) is 23.5 Å². The summed E-state index contributed by atoms with van der Waals surface area (Å²) >= 11 is 5.95. The van der Waals surface area contributed by atoms with E-state index in [1.54, 1.807) is 13.8 Å². The molecule has 0 aliphatic carbocycles. The van der Waals surface area contributed by atoms with Gasteiger partial charge in [-0.15, -0.1) is 0 Å². The molecule has 0 aliphatic heterocycles. The van der Waals surface area contributed by atoms with Crippen molar-refractivity contribution >= 4 is 29.1 Å². The summed E-state index contributed by atoms with van der Waals surface area (Å²) in [7, 11) is 1.14. The summed E-state index contributed by atoms with van der Waals surface area (Å²) in [6.45, 7) is 6.61. The highest BCUT2D eigenvalue weighted by Gasteiger charge is 2.35. The molecule has 11 heteroatoms. The molecule has 1 heterocycles. The standard InChI is InChI=1S/C14H17ClF3N7/c1-8(14(16,17)18)11(21-4)23-12(20)22-9-5-25(24-10(9)15)7-13(2,3)6-19/h5H,1,7H2,2-4H3,(H3,20,21,22,23). The van der Waals surface area contributed by atoms with E-state index in [0.29, 0.717) is 0 Å². The molecule has 0 amide bonds. The zero-order valence-electron chi connectivity index (χ0n) is 13.8. The van der Waals surface area contributed by atoms with E-state index in [2.05, 4.69) is 33.0 Å². The van der Waals surface area contributed by atoms with Gasteiger partial charge in [-0.1, -0.05) is 18.2 Å². The van der Waals surface area contributed by atoms with Crippen LogP contribution >= 0.6 is 11.6 Å². The minimum absolute atomic E-state index is 0.0246. The lowest BCUT2D eigenvalue weighted by Crippen LogP contribution is -2.26. The van der Waals surface area contributed by atoms with Gasteiger partial charge in [-0.3, -0.25) is 9.67 Å². The lowest BCUT2D eigenvalue weighted by Gasteiger charge is -2.14. The molecule has 0 atom stereocenters. The van der Waals surface area contributed by atoms with E-state index >= 15 is 0 Å². The highest BCUT2D eigenvalue weighted by molar-refractivity contribution is 6.32. The van der Waals surface area contributed by atoms with Crippen LogP contribution in [-0.4, -0.2) is 34.8 Å². The van der Waals surface area contributed by atoms with Crippen molar-refractivity contribution in [1.82, 2.24) is 9.78 Å². The Morgan fingerprint density at radius 3 is 2.60 bits per heavy atom. The number of amidine groups is 1. The summed E-state index contributed by atoms with van der Waals surface area (Å²) in [4.78, 5) is 6.99. The predicted molar refractivity (Wildman–Crippen MR) is 90.4 cm³/mol. The van der Waals surface area contributed by atoms with Gasteiger partial charge in [0, 0.05) is 7.05 Å². The Hall–Kier alpha value is -2.54. The largest absolute Gasteiger partial charge is 0.419 e. The highest BCUT2D eigenvalue weighted by atomic mass is 35.5. The van der Waals surface area contributed by atoms with Crippen LogP contribution in [0.1, 0.15) is 13.8 Å². The molecule has 7 nitrogen and oxygen atoms in total. The molecule has 0 saturated heterocycles. The molecule has 1 aromatic rings. The Bertz CT molecular complexity index is 753. The molecule has 0 aromatic carbocycles. The third-order valence-corrected chi connectivity index (χ3v) is 3.17. The summed E-state index contributed by atoms with van der Waals surface area (Å²) < 4.78 is 39.4. The lowest BCUT2D eigenvalue weighted by atomic mass is 9.96. The molecule has 136 valence electrons. The number of guanidine groups is 1. The van der Waals surface area contributed by atoms with E-state index in [4.69, 9.17) is 22.6 Å². The molecule has 1 rings (SSSR count). The molecule has 0 unspecified atom stereocenters. The summed E-state index contributed by atoms with van der Waals surface area (Å²) in [5, 5.41) is 15.6. The van der Waals surface area contributed by atoms with Gasteiger partial charge >= 0.3 is 6.18 Å². The lowest BCUT2D eigenvalue weighted by molar-refractivity contribution is -0.0857. The third kappa shape index (κ3) is 5.79. The summed E-state index contributed by atoms with van der Waals surface area (Å²) in [6.07, 6.45) is -3.21. The van der Waals surface area contributed by atoms with Crippen molar-refractivity contribution in [2.75, 3.05) is 12.4 Å². The topological polar surface area (TPSA) is 104 Å². The second kappa shape index (κ2) is 7.57. The van der Waals surface area contributed by atoms with Crippen LogP contribution < -0.4 is 11.1 Å². The van der Waals surface area contributed by atoms with E-state index in [0.717, 1.165) is 7.05 Å². The minimum Gasteiger partial charge on any atom is -0.369 e. The number of hydrogen-bond acceptors (Lipinski definition) is 3. The number of hydrogen-bond donors (Lipinski definition) is 2. The number of rotatable bonds is 4. The second-order valence-electron chi connectivity index (χ2n) is 5.67. The first-order chi connectivity index (χ1) is 11.4. The van der Waals surface area contributed by atoms with Gasteiger partial charge < -0.3 is 11.1 Å². The van der Waals surface area contributed by atoms with Crippen LogP contribution in [0.2, 0.25) is 5.15 Å². The zero-order valence-corrected chi connectivity index (χ0v) is 14.6. The van der Waals surface area contributed by atoms with Crippen molar-refractivity contribution in [2.24, 2.45) is 21.1 Å². The quantitative estimate of drug-likeness (QED) is 0.623. The van der Waals surface area contributed by atoms with Crippen LogP contribution in [0.25, 0.3) is 0 Å². The molecule has 0 radical (unpaired) electrons. The number of anilines is 1. The number of nitrogens with one attached hydrogen (secondary N) is 1. The van der Waals surface area contributed by atoms with Crippen molar-refractivity contribution in [3.63, 3.8) is 0 Å². The van der Waals surface area contributed by atoms with Gasteiger partial charge in [0.1, 0.15) is 0 Å². The SMILES string of the molecule is C=C(C(N=C(N)Nc1cn(CC(C)(C)C#N)nc1Cl)=NC)C(F)(F)F. The normalized spacial score (nSPS) is 13.5. The fourth-order valence-corrected chi connectivity index (χ4v) is 1.86. The number of aliphatic imine (C=N–C) groups is 2. The highest BCUT2D eigenvalue weighted by Crippen LogP contribution is 2.26. The Labute approximate surface area is 147 Å². The monoisotopic (exact) mass is 375 g/mol. The van der Waals surface area contributed by atoms with Gasteiger partial charge in [0.15, 0.2) is 16.9 Å². The molecule has 0 spiro atoms. The smallest absolute Gasteiger partial charge is 0.369 e. The van der Waals surface area contributed by atoms with Gasteiger partial charge in [0.05, 0.1) is 35.5 Å². The molecule has 0 bridgehead atoms. The first kappa shape index (κ1) is 20.5. The zero-order chi connectivity index (χ0) is 19.4. The van der Waals surface area contributed by atoms with E-state index in [9.17, 15) is 13.2 Å². The fraction of sp³-hybridized carbons (Fsp3) is 0.429. The van der Waals surface area contributed by atoms with E-state index in [1.807, 2.05) is 0 Å². The van der Waals surface area contributed by atoms with Gasteiger partial charge in [-0.2, -0.15) is 28.5 Å². The molecular weight excluding hydrogens is 359 g/mol. The minimum atomic E-state index is -4.68. The van der Waals surface area contributed by atoms with Gasteiger partial charge in [0.25, 0.3) is 0 Å². The number of aromatic nitrogens is 2. The van der Waals surface area contributed by atoms with Crippen LogP contribution in [0.4, 0.5) is 18.9 Å². The number of nitriles is 1. The van der Waals surface area contributed by atoms with Crippen molar-refractivity contribution < 1.29 is 13.2 Å². The van der Waals surface area contributed by atoms with Crippen molar-refractivity contribution in [1.29, 1.82) is 5.26 Å². The molecule has 1 aromatic heterocycles. The maximum atomic E-state index is 12.7. The van der Waals surface area contributed by atoms with Crippen LogP contribution in [0.5, 0.6) is 0 Å². The average Bonchev–Trinajstić information content (AvgIpc) is 2.81. The average molecular weight is 376 g/mol. The van der Waals surface area contributed by atoms with E-state index in [-0.39, 0.29) is 23.3 Å². The molecule has 3 N–H and O–H groups in total. The summed E-state index contributed by atoms with van der Waals surface area (Å²) in [5.41, 5.74) is 3.92. The van der Waals surface area contributed by atoms with E-state index < -0.39 is 23.0 Å². The first-order valence-corrected chi connectivity index (χ1v) is 7.26. The van der Waals surface area contributed by atoms with Gasteiger partial charge in [0.2, 0.25) is 0 Å². The molecule has 0 aliphatic rings. The maximum absolute atomic E-state index is 12.7. The first-order valence-electron chi connectivity index (χ1n) is 6.88. The van der Waals surface area contributed by atoms with Gasteiger partial charge in [-0.05, 0) is 13.8 Å².